The standard InChI is InChI=1S/C19H31NO/c1-15(2)17-8-6-12-20(13-10-17)14-11-19(21)18-9-5-4-7-16(18)3/h4-5,7,9,15,17,19,21H,6,8,10-14H2,1-3H3. The fraction of sp³-hybridized carbons (Fsp3) is 0.684. The Kier molecular flexibility index (Phi) is 6.25. The van der Waals surface area contributed by atoms with Gasteiger partial charge in [0.15, 0.2) is 0 Å². The van der Waals surface area contributed by atoms with Gasteiger partial charge in [-0.3, -0.25) is 0 Å². The first kappa shape index (κ1) is 16.5. The Morgan fingerprint density at radius 1 is 1.19 bits per heavy atom. The molecule has 0 bridgehead atoms. The van der Waals surface area contributed by atoms with Crippen LogP contribution in [0.5, 0.6) is 0 Å². The smallest absolute Gasteiger partial charge is 0.0804 e. The van der Waals surface area contributed by atoms with Crippen LogP contribution in [0.4, 0.5) is 0 Å². The number of likely N-dealkylation sites (tertiary alicyclic amines) is 1. The molecule has 1 fully saturated rings. The van der Waals surface area contributed by atoms with Crippen LogP contribution in [0.15, 0.2) is 24.3 Å². The predicted molar refractivity (Wildman–Crippen MR) is 89.4 cm³/mol. The number of benzene rings is 1. The highest BCUT2D eigenvalue weighted by Gasteiger charge is 2.20. The Bertz CT molecular complexity index is 429. The van der Waals surface area contributed by atoms with Crippen LogP contribution < -0.4 is 0 Å². The average Bonchev–Trinajstić information content (AvgIpc) is 2.71. The summed E-state index contributed by atoms with van der Waals surface area (Å²) in [6.45, 7) is 10.2. The molecule has 1 aromatic carbocycles. The second-order valence-electron chi connectivity index (χ2n) is 6.94. The molecule has 1 saturated heterocycles. The van der Waals surface area contributed by atoms with Gasteiger partial charge in [-0.1, -0.05) is 38.1 Å². The number of aliphatic hydroxyl groups excluding tert-OH is 1. The number of aryl methyl sites for hydroxylation is 1. The van der Waals surface area contributed by atoms with Crippen molar-refractivity contribution in [2.75, 3.05) is 19.6 Å². The molecular formula is C19H31NO. The Morgan fingerprint density at radius 3 is 2.67 bits per heavy atom. The van der Waals surface area contributed by atoms with E-state index in [2.05, 4.69) is 37.8 Å². The van der Waals surface area contributed by atoms with Crippen LogP contribution in [0.25, 0.3) is 0 Å². The average molecular weight is 289 g/mol. The normalized spacial score (nSPS) is 22.2. The summed E-state index contributed by atoms with van der Waals surface area (Å²) in [5.41, 5.74) is 2.29. The molecule has 0 saturated carbocycles. The topological polar surface area (TPSA) is 23.5 Å². The van der Waals surface area contributed by atoms with Crippen molar-refractivity contribution in [3.63, 3.8) is 0 Å². The van der Waals surface area contributed by atoms with Crippen molar-refractivity contribution >= 4 is 0 Å². The summed E-state index contributed by atoms with van der Waals surface area (Å²) < 4.78 is 0. The summed E-state index contributed by atoms with van der Waals surface area (Å²) in [5, 5.41) is 10.4. The van der Waals surface area contributed by atoms with Crippen molar-refractivity contribution in [3.05, 3.63) is 35.4 Å². The maximum Gasteiger partial charge on any atom is 0.0804 e. The molecule has 1 heterocycles. The lowest BCUT2D eigenvalue weighted by Gasteiger charge is -2.23. The van der Waals surface area contributed by atoms with Crippen molar-refractivity contribution in [1.82, 2.24) is 4.90 Å². The van der Waals surface area contributed by atoms with Crippen LogP contribution in [0, 0.1) is 18.8 Å². The molecule has 0 amide bonds. The number of aliphatic hydroxyl groups is 1. The summed E-state index contributed by atoms with van der Waals surface area (Å²) in [7, 11) is 0. The van der Waals surface area contributed by atoms with Gasteiger partial charge in [0.1, 0.15) is 0 Å². The lowest BCUT2D eigenvalue weighted by Crippen LogP contribution is -2.27. The summed E-state index contributed by atoms with van der Waals surface area (Å²) >= 11 is 0. The van der Waals surface area contributed by atoms with E-state index in [1.54, 1.807) is 0 Å². The van der Waals surface area contributed by atoms with Crippen LogP contribution in [0.3, 0.4) is 0 Å². The molecule has 1 aromatic rings. The highest BCUT2D eigenvalue weighted by atomic mass is 16.3. The van der Waals surface area contributed by atoms with Gasteiger partial charge in [0, 0.05) is 6.54 Å². The van der Waals surface area contributed by atoms with Crippen molar-refractivity contribution in [3.8, 4) is 0 Å². The second kappa shape index (κ2) is 7.95. The molecule has 0 aromatic heterocycles. The van der Waals surface area contributed by atoms with Gasteiger partial charge < -0.3 is 10.0 Å². The van der Waals surface area contributed by atoms with Crippen molar-refractivity contribution in [2.45, 2.75) is 52.6 Å². The first-order valence-corrected chi connectivity index (χ1v) is 8.54. The Labute approximate surface area is 130 Å². The van der Waals surface area contributed by atoms with Crippen LogP contribution >= 0.6 is 0 Å². The number of hydrogen-bond donors (Lipinski definition) is 1. The quantitative estimate of drug-likeness (QED) is 0.879. The zero-order chi connectivity index (χ0) is 15.2. The summed E-state index contributed by atoms with van der Waals surface area (Å²) in [5.74, 6) is 1.69. The van der Waals surface area contributed by atoms with Crippen LogP contribution in [0.2, 0.25) is 0 Å². The first-order valence-electron chi connectivity index (χ1n) is 8.54. The second-order valence-corrected chi connectivity index (χ2v) is 6.94. The largest absolute Gasteiger partial charge is 0.388 e. The van der Waals surface area contributed by atoms with Gasteiger partial charge in [0.2, 0.25) is 0 Å². The van der Waals surface area contributed by atoms with E-state index in [1.807, 2.05) is 12.1 Å². The zero-order valence-corrected chi connectivity index (χ0v) is 13.9. The highest BCUT2D eigenvalue weighted by molar-refractivity contribution is 5.27. The van der Waals surface area contributed by atoms with Gasteiger partial charge in [-0.05, 0) is 68.7 Å². The molecule has 2 atom stereocenters. The van der Waals surface area contributed by atoms with E-state index in [1.165, 1.54) is 37.9 Å². The third-order valence-electron chi connectivity index (χ3n) is 5.07. The molecule has 0 radical (unpaired) electrons. The summed E-state index contributed by atoms with van der Waals surface area (Å²) in [4.78, 5) is 2.55. The highest BCUT2D eigenvalue weighted by Crippen LogP contribution is 2.26. The van der Waals surface area contributed by atoms with Gasteiger partial charge in [0.05, 0.1) is 6.10 Å². The monoisotopic (exact) mass is 289 g/mol. The molecule has 2 heteroatoms. The zero-order valence-electron chi connectivity index (χ0n) is 13.9. The van der Waals surface area contributed by atoms with Crippen molar-refractivity contribution in [2.24, 2.45) is 11.8 Å². The Morgan fingerprint density at radius 2 is 1.95 bits per heavy atom. The Hall–Kier alpha value is -0.860. The third-order valence-corrected chi connectivity index (χ3v) is 5.07. The minimum absolute atomic E-state index is 0.324. The van der Waals surface area contributed by atoms with Gasteiger partial charge in [-0.25, -0.2) is 0 Å². The van der Waals surface area contributed by atoms with Crippen molar-refractivity contribution in [1.29, 1.82) is 0 Å². The molecule has 118 valence electrons. The predicted octanol–water partition coefficient (Wildman–Crippen LogP) is 4.18. The molecule has 2 rings (SSSR count). The van der Waals surface area contributed by atoms with Crippen LogP contribution in [0.1, 0.15) is 56.8 Å². The van der Waals surface area contributed by atoms with Gasteiger partial charge in [0.25, 0.3) is 0 Å². The maximum absolute atomic E-state index is 10.4. The van der Waals surface area contributed by atoms with Gasteiger partial charge in [-0.15, -0.1) is 0 Å². The lowest BCUT2D eigenvalue weighted by molar-refractivity contribution is 0.141. The number of hydrogen-bond acceptors (Lipinski definition) is 2. The van der Waals surface area contributed by atoms with Crippen LogP contribution in [-0.2, 0) is 0 Å². The fourth-order valence-corrected chi connectivity index (χ4v) is 3.49. The molecule has 1 aliphatic rings. The summed E-state index contributed by atoms with van der Waals surface area (Å²) in [6.07, 6.45) is 4.52. The third kappa shape index (κ3) is 4.82. The number of rotatable bonds is 5. The molecule has 2 nitrogen and oxygen atoms in total. The molecule has 1 N–H and O–H groups in total. The minimum atomic E-state index is -0.324. The van der Waals surface area contributed by atoms with E-state index >= 15 is 0 Å². The van der Waals surface area contributed by atoms with E-state index in [9.17, 15) is 5.11 Å². The van der Waals surface area contributed by atoms with Crippen molar-refractivity contribution < 1.29 is 5.11 Å². The van der Waals surface area contributed by atoms with Crippen LogP contribution in [-0.4, -0.2) is 29.6 Å². The summed E-state index contributed by atoms with van der Waals surface area (Å²) in [6, 6.07) is 8.19. The molecule has 21 heavy (non-hydrogen) atoms. The molecule has 1 aliphatic heterocycles. The van der Waals surface area contributed by atoms with Gasteiger partial charge in [-0.2, -0.15) is 0 Å². The Balaban J connectivity index is 1.82. The lowest BCUT2D eigenvalue weighted by atomic mass is 9.89. The maximum atomic E-state index is 10.4. The molecule has 2 unspecified atom stereocenters. The van der Waals surface area contributed by atoms with E-state index in [-0.39, 0.29) is 6.10 Å². The van der Waals surface area contributed by atoms with E-state index in [0.717, 1.165) is 30.4 Å². The minimum Gasteiger partial charge on any atom is -0.388 e. The molecule has 0 aliphatic carbocycles. The van der Waals surface area contributed by atoms with E-state index in [0.29, 0.717) is 0 Å². The van der Waals surface area contributed by atoms with Gasteiger partial charge >= 0.3 is 0 Å². The van der Waals surface area contributed by atoms with E-state index < -0.39 is 0 Å². The molecule has 0 spiro atoms. The molecular weight excluding hydrogens is 258 g/mol. The van der Waals surface area contributed by atoms with E-state index in [4.69, 9.17) is 0 Å². The fourth-order valence-electron chi connectivity index (χ4n) is 3.49. The first-order chi connectivity index (χ1) is 10.1. The number of nitrogens with zero attached hydrogens (tertiary/aromatic N) is 1. The SMILES string of the molecule is Cc1ccccc1C(O)CCN1CCCC(C(C)C)CC1.